The Morgan fingerprint density at radius 1 is 0.462 bits per heavy atom. The van der Waals surface area contributed by atoms with Gasteiger partial charge in [-0.05, 0) is 77.7 Å². The van der Waals surface area contributed by atoms with Gasteiger partial charge in [0, 0.05) is 49.9 Å². The molecule has 0 fully saturated rings. The van der Waals surface area contributed by atoms with Crippen molar-refractivity contribution in [1.29, 1.82) is 0 Å². The molecule has 3 heteroatoms. The highest BCUT2D eigenvalue weighted by Crippen LogP contribution is 2.41. The smallest absolute Gasteiger partial charge is 0.143 e. The summed E-state index contributed by atoms with van der Waals surface area (Å²) in [7, 11) is 0. The van der Waals surface area contributed by atoms with Crippen LogP contribution in [0.4, 0.5) is 17.1 Å². The first-order valence-corrected chi connectivity index (χ1v) is 17.6. The fraction of sp³-hybridized carbons (Fsp3) is 0.0204. The van der Waals surface area contributed by atoms with Crippen LogP contribution in [0.15, 0.2) is 185 Å². The number of rotatable bonds is 8. The summed E-state index contributed by atoms with van der Waals surface area (Å²) in [6.45, 7) is 6.01. The number of benzene rings is 7. The minimum Gasteiger partial charge on any atom is -0.455 e. The van der Waals surface area contributed by atoms with E-state index in [2.05, 4.69) is 163 Å². The summed E-state index contributed by atoms with van der Waals surface area (Å²) in [5, 5.41) is 3.33. The van der Waals surface area contributed by atoms with Gasteiger partial charge in [0.25, 0.3) is 0 Å². The molecule has 7 aromatic carbocycles. The fourth-order valence-electron chi connectivity index (χ4n) is 7.31. The van der Waals surface area contributed by atoms with Crippen LogP contribution in [0.2, 0.25) is 0 Å². The molecule has 0 unspecified atom stereocenters. The van der Waals surface area contributed by atoms with E-state index in [9.17, 15) is 0 Å². The van der Waals surface area contributed by atoms with Gasteiger partial charge in [-0.25, -0.2) is 0 Å². The van der Waals surface area contributed by atoms with Crippen molar-refractivity contribution in [2.24, 2.45) is 0 Å². The first-order valence-electron chi connectivity index (χ1n) is 17.6. The number of nitrogens with zero attached hydrogens (tertiary/aromatic N) is 1. The van der Waals surface area contributed by atoms with E-state index in [1.165, 1.54) is 11.1 Å². The van der Waals surface area contributed by atoms with Gasteiger partial charge in [-0.2, -0.15) is 0 Å². The SMILES string of the molecule is C=Cc1oc2c(-c3ccc(N(c4ccc(-c5ccccc5)cc4)c4ccc(-c5cccc6c5oc5ccccc56)cc4)cc3)cccc2c1/C=C\C. The molecule has 0 aliphatic carbocycles. The lowest BCUT2D eigenvalue weighted by molar-refractivity contribution is 0.604. The Hall–Kier alpha value is -6.84. The first-order chi connectivity index (χ1) is 25.7. The Morgan fingerprint density at radius 2 is 0.962 bits per heavy atom. The number of allylic oxidation sites excluding steroid dienone is 1. The molecule has 0 radical (unpaired) electrons. The third-order valence-electron chi connectivity index (χ3n) is 9.81. The molecule has 9 aromatic rings. The number of para-hydroxylation sites is 3. The quantitative estimate of drug-likeness (QED) is 0.161. The minimum absolute atomic E-state index is 0.780. The molecule has 3 nitrogen and oxygen atoms in total. The van der Waals surface area contributed by atoms with Crippen LogP contribution in [0.1, 0.15) is 18.2 Å². The molecule has 0 aliphatic rings. The fourth-order valence-corrected chi connectivity index (χ4v) is 7.31. The lowest BCUT2D eigenvalue weighted by Crippen LogP contribution is -2.09. The van der Waals surface area contributed by atoms with Gasteiger partial charge in [0.2, 0.25) is 0 Å². The predicted octanol–water partition coefficient (Wildman–Crippen LogP) is 14.5. The largest absolute Gasteiger partial charge is 0.455 e. The zero-order valence-electron chi connectivity index (χ0n) is 28.8. The molecule has 0 atom stereocenters. The second kappa shape index (κ2) is 13.1. The number of furan rings is 2. The van der Waals surface area contributed by atoms with Crippen LogP contribution >= 0.6 is 0 Å². The Labute approximate surface area is 303 Å². The summed E-state index contributed by atoms with van der Waals surface area (Å²) >= 11 is 0. The third kappa shape index (κ3) is 5.40. The third-order valence-corrected chi connectivity index (χ3v) is 9.81. The molecule has 0 spiro atoms. The van der Waals surface area contributed by atoms with Gasteiger partial charge in [0.15, 0.2) is 0 Å². The molecule has 2 heterocycles. The molecule has 0 aliphatic heterocycles. The predicted molar refractivity (Wildman–Crippen MR) is 219 cm³/mol. The van der Waals surface area contributed by atoms with Gasteiger partial charge in [0.05, 0.1) is 0 Å². The maximum atomic E-state index is 6.38. The van der Waals surface area contributed by atoms with Crippen LogP contribution in [0, 0.1) is 0 Å². The molecule has 0 bridgehead atoms. The Kier molecular flexibility index (Phi) is 7.87. The summed E-state index contributed by atoms with van der Waals surface area (Å²) in [6.07, 6.45) is 5.90. The van der Waals surface area contributed by atoms with Crippen molar-refractivity contribution < 1.29 is 8.83 Å². The van der Waals surface area contributed by atoms with E-state index < -0.39 is 0 Å². The zero-order valence-corrected chi connectivity index (χ0v) is 28.8. The number of hydrogen-bond acceptors (Lipinski definition) is 3. The number of fused-ring (bicyclic) bond motifs is 4. The van der Waals surface area contributed by atoms with Gasteiger partial charge < -0.3 is 13.7 Å². The van der Waals surface area contributed by atoms with E-state index in [0.717, 1.165) is 83.5 Å². The number of anilines is 3. The minimum atomic E-state index is 0.780. The van der Waals surface area contributed by atoms with Crippen molar-refractivity contribution in [2.75, 3.05) is 4.90 Å². The molecule has 248 valence electrons. The van der Waals surface area contributed by atoms with Crippen molar-refractivity contribution in [3.05, 3.63) is 188 Å². The molecule has 0 saturated heterocycles. The molecule has 0 amide bonds. The monoisotopic (exact) mass is 669 g/mol. The average Bonchev–Trinajstić information content (AvgIpc) is 3.78. The normalized spacial score (nSPS) is 11.6. The highest BCUT2D eigenvalue weighted by Gasteiger charge is 2.18. The lowest BCUT2D eigenvalue weighted by Gasteiger charge is -2.26. The van der Waals surface area contributed by atoms with Crippen molar-refractivity contribution in [3.8, 4) is 33.4 Å². The molecular formula is C49H35NO2. The summed E-state index contributed by atoms with van der Waals surface area (Å²) in [5.74, 6) is 0.780. The second-order valence-corrected chi connectivity index (χ2v) is 12.9. The first kappa shape index (κ1) is 31.2. The molecule has 0 saturated carbocycles. The topological polar surface area (TPSA) is 29.5 Å². The van der Waals surface area contributed by atoms with Gasteiger partial charge in [-0.15, -0.1) is 0 Å². The van der Waals surface area contributed by atoms with Crippen LogP contribution in [0.25, 0.3) is 78.4 Å². The molecule has 0 N–H and O–H groups in total. The second-order valence-electron chi connectivity index (χ2n) is 12.9. The van der Waals surface area contributed by atoms with E-state index in [1.54, 1.807) is 6.08 Å². The van der Waals surface area contributed by atoms with Crippen LogP contribution in [0.3, 0.4) is 0 Å². The lowest BCUT2D eigenvalue weighted by atomic mass is 10.00. The highest BCUT2D eigenvalue weighted by atomic mass is 16.3. The summed E-state index contributed by atoms with van der Waals surface area (Å²) < 4.78 is 12.7. The van der Waals surface area contributed by atoms with Crippen molar-refractivity contribution in [3.63, 3.8) is 0 Å². The standard InChI is InChI=1S/C49H35NO2/c1-3-12-42-44-18-10-16-40(48(44)51-46(42)4-2)35-23-29-38(30-24-35)50(37-27-21-34(22-28-37)33-13-6-5-7-14-33)39-31-25-36(26-32-39)41-17-11-19-45-43-15-8-9-20-47(43)52-49(41)45/h3-32H,2H2,1H3/b12-3-. The molecule has 9 rings (SSSR count). The summed E-state index contributed by atoms with van der Waals surface area (Å²) in [5.41, 5.74) is 13.6. The van der Waals surface area contributed by atoms with Crippen molar-refractivity contribution in [2.45, 2.75) is 6.92 Å². The van der Waals surface area contributed by atoms with Crippen LogP contribution in [0.5, 0.6) is 0 Å². The zero-order chi connectivity index (χ0) is 35.0. The summed E-state index contributed by atoms with van der Waals surface area (Å²) in [6, 6.07) is 57.7. The van der Waals surface area contributed by atoms with Crippen LogP contribution < -0.4 is 4.90 Å². The van der Waals surface area contributed by atoms with E-state index in [-0.39, 0.29) is 0 Å². The average molecular weight is 670 g/mol. The van der Waals surface area contributed by atoms with E-state index in [0.29, 0.717) is 0 Å². The summed E-state index contributed by atoms with van der Waals surface area (Å²) in [4.78, 5) is 2.30. The Morgan fingerprint density at radius 3 is 1.56 bits per heavy atom. The van der Waals surface area contributed by atoms with E-state index >= 15 is 0 Å². The number of hydrogen-bond donors (Lipinski definition) is 0. The van der Waals surface area contributed by atoms with E-state index in [1.807, 2.05) is 31.2 Å². The molecule has 2 aromatic heterocycles. The molecular weight excluding hydrogens is 635 g/mol. The van der Waals surface area contributed by atoms with Crippen LogP contribution in [-0.2, 0) is 0 Å². The Balaban J connectivity index is 1.12. The van der Waals surface area contributed by atoms with Gasteiger partial charge >= 0.3 is 0 Å². The Bertz CT molecular complexity index is 2730. The van der Waals surface area contributed by atoms with Gasteiger partial charge in [-0.3, -0.25) is 0 Å². The maximum Gasteiger partial charge on any atom is 0.143 e. The van der Waals surface area contributed by atoms with Crippen LogP contribution in [-0.4, -0.2) is 0 Å². The van der Waals surface area contributed by atoms with E-state index in [4.69, 9.17) is 8.83 Å². The van der Waals surface area contributed by atoms with Gasteiger partial charge in [0.1, 0.15) is 22.5 Å². The van der Waals surface area contributed by atoms with Crippen molar-refractivity contribution >= 4 is 62.1 Å². The maximum absolute atomic E-state index is 6.38. The van der Waals surface area contributed by atoms with Crippen molar-refractivity contribution in [1.82, 2.24) is 0 Å². The highest BCUT2D eigenvalue weighted by molar-refractivity contribution is 6.09. The van der Waals surface area contributed by atoms with Gasteiger partial charge in [-0.1, -0.05) is 140 Å². The molecule has 52 heavy (non-hydrogen) atoms.